The van der Waals surface area contributed by atoms with Crippen molar-refractivity contribution in [3.8, 4) is 12.1 Å². The van der Waals surface area contributed by atoms with Gasteiger partial charge in [0.05, 0.1) is 5.69 Å². The summed E-state index contributed by atoms with van der Waals surface area (Å²) >= 11 is 1.35. The second kappa shape index (κ2) is 6.48. The molecule has 0 aliphatic rings. The van der Waals surface area contributed by atoms with Gasteiger partial charge in [0.15, 0.2) is 5.78 Å². The zero-order chi connectivity index (χ0) is 13.5. The number of benzene rings is 1. The standard InChI is InChI=1S/C13H11N3OS/c1-10(17)12-4-3-5-13(6-12)16(18-2)9-11(7-14)8-15/h3-6,9H,1-2H3. The monoisotopic (exact) mass is 257 g/mol. The van der Waals surface area contributed by atoms with Gasteiger partial charge in [-0.3, -0.25) is 9.10 Å². The van der Waals surface area contributed by atoms with E-state index in [-0.39, 0.29) is 11.4 Å². The maximum Gasteiger partial charge on any atom is 0.159 e. The van der Waals surface area contributed by atoms with E-state index in [0.717, 1.165) is 5.69 Å². The number of ketones is 1. The van der Waals surface area contributed by atoms with Crippen LogP contribution in [0, 0.1) is 22.7 Å². The number of nitrogens with zero attached hydrogens (tertiary/aromatic N) is 3. The maximum absolute atomic E-state index is 11.3. The number of allylic oxidation sites excluding steroid dienone is 1. The van der Waals surface area contributed by atoms with E-state index in [9.17, 15) is 4.79 Å². The molecule has 1 aromatic rings. The van der Waals surface area contributed by atoms with Crippen LogP contribution in [-0.2, 0) is 0 Å². The molecule has 0 bridgehead atoms. The van der Waals surface area contributed by atoms with Crippen LogP contribution in [0.25, 0.3) is 0 Å². The summed E-state index contributed by atoms with van der Waals surface area (Å²) in [6, 6.07) is 10.6. The summed E-state index contributed by atoms with van der Waals surface area (Å²) in [5, 5.41) is 17.5. The molecule has 0 heterocycles. The van der Waals surface area contributed by atoms with Crippen molar-refractivity contribution in [3.05, 3.63) is 41.6 Å². The quantitative estimate of drug-likeness (QED) is 0.471. The van der Waals surface area contributed by atoms with Crippen LogP contribution in [0.1, 0.15) is 17.3 Å². The van der Waals surface area contributed by atoms with Crippen LogP contribution in [0.2, 0.25) is 0 Å². The highest BCUT2D eigenvalue weighted by molar-refractivity contribution is 8.00. The Kier molecular flexibility index (Phi) is 4.98. The SMILES string of the molecule is CSN(C=C(C#N)C#N)c1cccc(C(C)=O)c1. The summed E-state index contributed by atoms with van der Waals surface area (Å²) < 4.78 is 1.67. The number of hydrogen-bond donors (Lipinski definition) is 0. The first-order valence-corrected chi connectivity index (χ1v) is 6.27. The average Bonchev–Trinajstić information content (AvgIpc) is 2.40. The molecule has 0 N–H and O–H groups in total. The van der Waals surface area contributed by atoms with Gasteiger partial charge in [-0.1, -0.05) is 12.1 Å². The summed E-state index contributed by atoms with van der Waals surface area (Å²) in [5.41, 5.74) is 1.35. The molecule has 0 spiro atoms. The van der Waals surface area contributed by atoms with Crippen LogP contribution in [0.15, 0.2) is 36.0 Å². The molecule has 0 aliphatic heterocycles. The lowest BCUT2D eigenvalue weighted by Crippen LogP contribution is -2.06. The largest absolute Gasteiger partial charge is 0.295 e. The normalized spacial score (nSPS) is 8.89. The molecule has 0 unspecified atom stereocenters. The fraction of sp³-hybridized carbons (Fsp3) is 0.154. The van der Waals surface area contributed by atoms with Crippen LogP contribution in [0.4, 0.5) is 5.69 Å². The molecule has 0 saturated heterocycles. The van der Waals surface area contributed by atoms with Gasteiger partial charge in [-0.05, 0) is 31.0 Å². The molecule has 4 nitrogen and oxygen atoms in total. The van der Waals surface area contributed by atoms with E-state index in [1.165, 1.54) is 25.1 Å². The minimum absolute atomic E-state index is 0.0116. The molecule has 0 atom stereocenters. The number of carbonyl (C=O) groups excluding carboxylic acids is 1. The second-order valence-electron chi connectivity index (χ2n) is 3.38. The lowest BCUT2D eigenvalue weighted by Gasteiger charge is -2.17. The second-order valence-corrected chi connectivity index (χ2v) is 4.14. The molecule has 0 fully saturated rings. The predicted molar refractivity (Wildman–Crippen MR) is 71.7 cm³/mol. The molecule has 1 rings (SSSR count). The van der Waals surface area contributed by atoms with Gasteiger partial charge in [0.1, 0.15) is 17.7 Å². The fourth-order valence-electron chi connectivity index (χ4n) is 1.29. The summed E-state index contributed by atoms with van der Waals surface area (Å²) in [5.74, 6) is -0.0253. The van der Waals surface area contributed by atoms with Gasteiger partial charge in [-0.2, -0.15) is 10.5 Å². The van der Waals surface area contributed by atoms with E-state index in [1.807, 2.05) is 12.3 Å². The van der Waals surface area contributed by atoms with E-state index >= 15 is 0 Å². The van der Waals surface area contributed by atoms with E-state index in [1.54, 1.807) is 34.6 Å². The molecule has 0 saturated carbocycles. The molecule has 0 aliphatic carbocycles. The van der Waals surface area contributed by atoms with Crippen molar-refractivity contribution in [1.29, 1.82) is 10.5 Å². The van der Waals surface area contributed by atoms with Crippen molar-refractivity contribution in [2.75, 3.05) is 10.6 Å². The third kappa shape index (κ3) is 3.38. The van der Waals surface area contributed by atoms with Gasteiger partial charge in [-0.25, -0.2) is 0 Å². The minimum Gasteiger partial charge on any atom is -0.295 e. The first kappa shape index (κ1) is 13.8. The van der Waals surface area contributed by atoms with Crippen molar-refractivity contribution in [2.45, 2.75) is 6.92 Å². The van der Waals surface area contributed by atoms with Gasteiger partial charge in [0.2, 0.25) is 0 Å². The Morgan fingerprint density at radius 1 is 1.39 bits per heavy atom. The van der Waals surface area contributed by atoms with Gasteiger partial charge >= 0.3 is 0 Å². The van der Waals surface area contributed by atoms with Crippen molar-refractivity contribution >= 4 is 23.4 Å². The molecule has 18 heavy (non-hydrogen) atoms. The fourth-order valence-corrected chi connectivity index (χ4v) is 1.83. The average molecular weight is 257 g/mol. The summed E-state index contributed by atoms with van der Waals surface area (Å²) in [6.07, 6.45) is 3.27. The smallest absolute Gasteiger partial charge is 0.159 e. The van der Waals surface area contributed by atoms with Gasteiger partial charge in [-0.15, -0.1) is 0 Å². The third-order valence-electron chi connectivity index (χ3n) is 2.19. The van der Waals surface area contributed by atoms with E-state index in [4.69, 9.17) is 10.5 Å². The number of hydrogen-bond acceptors (Lipinski definition) is 5. The Morgan fingerprint density at radius 3 is 2.56 bits per heavy atom. The molecule has 0 aromatic heterocycles. The molecular formula is C13H11N3OS. The molecule has 5 heteroatoms. The van der Waals surface area contributed by atoms with Crippen molar-refractivity contribution < 1.29 is 4.79 Å². The molecule has 0 radical (unpaired) electrons. The minimum atomic E-state index is -0.0253. The van der Waals surface area contributed by atoms with Gasteiger partial charge in [0, 0.05) is 18.0 Å². The highest BCUT2D eigenvalue weighted by Gasteiger charge is 2.07. The van der Waals surface area contributed by atoms with Crippen LogP contribution >= 0.6 is 11.9 Å². The zero-order valence-corrected chi connectivity index (χ0v) is 10.9. The first-order valence-electron chi connectivity index (χ1n) is 5.08. The van der Waals surface area contributed by atoms with Crippen molar-refractivity contribution in [2.24, 2.45) is 0 Å². The summed E-state index contributed by atoms with van der Waals surface area (Å²) in [4.78, 5) is 11.3. The summed E-state index contributed by atoms with van der Waals surface area (Å²) in [7, 11) is 0. The lowest BCUT2D eigenvalue weighted by molar-refractivity contribution is 0.101. The Morgan fingerprint density at radius 2 is 2.06 bits per heavy atom. The molecule has 0 amide bonds. The first-order chi connectivity index (χ1) is 8.62. The van der Waals surface area contributed by atoms with Crippen LogP contribution < -0.4 is 4.31 Å². The highest BCUT2D eigenvalue weighted by atomic mass is 32.2. The number of nitriles is 2. The van der Waals surface area contributed by atoms with E-state index < -0.39 is 0 Å². The predicted octanol–water partition coefficient (Wildman–Crippen LogP) is 2.90. The maximum atomic E-state index is 11.3. The van der Waals surface area contributed by atoms with Crippen LogP contribution in [0.3, 0.4) is 0 Å². The van der Waals surface area contributed by atoms with E-state index in [0.29, 0.717) is 5.56 Å². The van der Waals surface area contributed by atoms with Crippen molar-refractivity contribution in [3.63, 3.8) is 0 Å². The summed E-state index contributed by atoms with van der Waals surface area (Å²) in [6.45, 7) is 1.49. The third-order valence-corrected chi connectivity index (χ3v) is 2.90. The Bertz CT molecular complexity index is 550. The zero-order valence-electron chi connectivity index (χ0n) is 10.0. The Balaban J connectivity index is 3.15. The van der Waals surface area contributed by atoms with Crippen molar-refractivity contribution in [1.82, 2.24) is 0 Å². The van der Waals surface area contributed by atoms with Gasteiger partial charge in [0.25, 0.3) is 0 Å². The lowest BCUT2D eigenvalue weighted by atomic mass is 10.1. The van der Waals surface area contributed by atoms with Gasteiger partial charge < -0.3 is 0 Å². The topological polar surface area (TPSA) is 67.9 Å². The Labute approximate surface area is 110 Å². The molecular weight excluding hydrogens is 246 g/mol. The highest BCUT2D eigenvalue weighted by Crippen LogP contribution is 2.23. The molecule has 1 aromatic carbocycles. The number of anilines is 1. The number of Topliss-reactive ketones (excluding diaryl/α,β-unsaturated/α-hetero) is 1. The number of carbonyl (C=O) groups is 1. The number of rotatable bonds is 4. The molecule has 90 valence electrons. The van der Waals surface area contributed by atoms with Crippen LogP contribution in [0.5, 0.6) is 0 Å². The Hall–Kier alpha value is -2.24. The van der Waals surface area contributed by atoms with Crippen LogP contribution in [-0.4, -0.2) is 12.0 Å². The van der Waals surface area contributed by atoms with E-state index in [2.05, 4.69) is 0 Å².